The van der Waals surface area contributed by atoms with Gasteiger partial charge in [0, 0.05) is 17.6 Å². The maximum atomic E-state index is 10.7. The van der Waals surface area contributed by atoms with Gasteiger partial charge in [0.15, 0.2) is 0 Å². The van der Waals surface area contributed by atoms with E-state index in [1.807, 2.05) is 54.1 Å². The molecule has 0 aliphatic rings. The Labute approximate surface area is 94.0 Å². The highest BCUT2D eigenvalue weighted by Crippen LogP contribution is 2.14. The molecule has 3 heteroatoms. The summed E-state index contributed by atoms with van der Waals surface area (Å²) in [7, 11) is 0. The van der Waals surface area contributed by atoms with E-state index in [0.717, 1.165) is 16.9 Å². The molecule has 2 rings (SSSR count). The van der Waals surface area contributed by atoms with E-state index >= 15 is 0 Å². The Balaban J connectivity index is 2.40. The summed E-state index contributed by atoms with van der Waals surface area (Å²) in [6.45, 7) is 2.02. The molecule has 0 aliphatic heterocycles. The molecule has 0 radical (unpaired) electrons. The predicted octanol–water partition coefficient (Wildman–Crippen LogP) is 2.41. The molecule has 1 heterocycles. The topological polar surface area (TPSA) is 42.2 Å². The number of aliphatic carboxylic acids is 1. The van der Waals surface area contributed by atoms with Crippen molar-refractivity contribution in [2.24, 2.45) is 0 Å². The fourth-order valence-electron chi connectivity index (χ4n) is 1.74. The van der Waals surface area contributed by atoms with Crippen molar-refractivity contribution < 1.29 is 9.90 Å². The Bertz CT molecular complexity index is 514. The van der Waals surface area contributed by atoms with Crippen molar-refractivity contribution >= 4 is 5.97 Å². The molecule has 0 saturated carbocycles. The molecule has 0 bridgehead atoms. The van der Waals surface area contributed by atoms with Crippen LogP contribution in [0.25, 0.3) is 5.69 Å². The van der Waals surface area contributed by atoms with Crippen molar-refractivity contribution in [2.45, 2.75) is 13.3 Å². The summed E-state index contributed by atoms with van der Waals surface area (Å²) in [6.07, 6.45) is 1.92. The molecule has 1 aromatic heterocycles. The monoisotopic (exact) mass is 215 g/mol. The van der Waals surface area contributed by atoms with Gasteiger partial charge in [0.1, 0.15) is 0 Å². The van der Waals surface area contributed by atoms with E-state index < -0.39 is 5.97 Å². The van der Waals surface area contributed by atoms with Crippen molar-refractivity contribution in [1.82, 2.24) is 4.57 Å². The second kappa shape index (κ2) is 4.23. The van der Waals surface area contributed by atoms with Crippen LogP contribution in [0.3, 0.4) is 0 Å². The van der Waals surface area contributed by atoms with Crippen LogP contribution in [-0.2, 0) is 11.2 Å². The van der Waals surface area contributed by atoms with Crippen molar-refractivity contribution in [2.75, 3.05) is 0 Å². The second-order valence-corrected chi connectivity index (χ2v) is 3.78. The molecule has 2 aromatic rings. The molecule has 16 heavy (non-hydrogen) atoms. The lowest BCUT2D eigenvalue weighted by atomic mass is 10.2. The molecular weight excluding hydrogens is 202 g/mol. The molecular formula is C13H13NO2. The smallest absolute Gasteiger partial charge is 0.309 e. The number of nitrogens with zero attached hydrogens (tertiary/aromatic N) is 1. The molecule has 1 N–H and O–H groups in total. The van der Waals surface area contributed by atoms with Crippen LogP contribution in [0.2, 0.25) is 0 Å². The molecule has 1 aromatic carbocycles. The Hall–Kier alpha value is -2.03. The van der Waals surface area contributed by atoms with E-state index in [-0.39, 0.29) is 6.42 Å². The molecule has 3 nitrogen and oxygen atoms in total. The number of carbonyl (C=O) groups is 1. The van der Waals surface area contributed by atoms with Crippen LogP contribution in [0.4, 0.5) is 0 Å². The van der Waals surface area contributed by atoms with Gasteiger partial charge in [0.25, 0.3) is 0 Å². The van der Waals surface area contributed by atoms with Crippen LogP contribution in [-0.4, -0.2) is 15.6 Å². The third-order valence-electron chi connectivity index (χ3n) is 2.45. The normalized spacial score (nSPS) is 10.3. The van der Waals surface area contributed by atoms with Crippen LogP contribution < -0.4 is 0 Å². The lowest BCUT2D eigenvalue weighted by molar-refractivity contribution is -0.136. The van der Waals surface area contributed by atoms with E-state index in [9.17, 15) is 4.79 Å². The first-order valence-electron chi connectivity index (χ1n) is 5.12. The SMILES string of the molecule is Cc1cccc(-n2cccc2CC(=O)O)c1. The van der Waals surface area contributed by atoms with Crippen molar-refractivity contribution in [3.8, 4) is 5.69 Å². The van der Waals surface area contributed by atoms with Gasteiger partial charge < -0.3 is 9.67 Å². The number of hydrogen-bond acceptors (Lipinski definition) is 1. The van der Waals surface area contributed by atoms with Crippen LogP contribution in [0.15, 0.2) is 42.6 Å². The molecule has 82 valence electrons. The van der Waals surface area contributed by atoms with Gasteiger partial charge in [-0.15, -0.1) is 0 Å². The standard InChI is InChI=1S/C13H13NO2/c1-10-4-2-5-11(8-10)14-7-3-6-12(14)9-13(15)16/h2-8H,9H2,1H3,(H,15,16). The number of aromatic nitrogens is 1. The van der Waals surface area contributed by atoms with E-state index in [2.05, 4.69) is 0 Å². The second-order valence-electron chi connectivity index (χ2n) is 3.78. The van der Waals surface area contributed by atoms with Gasteiger partial charge >= 0.3 is 5.97 Å². The highest BCUT2D eigenvalue weighted by Gasteiger charge is 2.06. The molecule has 0 spiro atoms. The van der Waals surface area contributed by atoms with Gasteiger partial charge in [-0.25, -0.2) is 0 Å². The Morgan fingerprint density at radius 1 is 1.31 bits per heavy atom. The Morgan fingerprint density at radius 2 is 2.12 bits per heavy atom. The minimum Gasteiger partial charge on any atom is -0.481 e. The molecule has 0 amide bonds. The fraction of sp³-hybridized carbons (Fsp3) is 0.154. The van der Waals surface area contributed by atoms with E-state index in [0.29, 0.717) is 0 Å². The molecule has 0 saturated heterocycles. The zero-order valence-electron chi connectivity index (χ0n) is 9.05. The zero-order chi connectivity index (χ0) is 11.5. The van der Waals surface area contributed by atoms with Crippen LogP contribution >= 0.6 is 0 Å². The highest BCUT2D eigenvalue weighted by molar-refractivity contribution is 5.70. The predicted molar refractivity (Wildman–Crippen MR) is 61.8 cm³/mol. The fourth-order valence-corrected chi connectivity index (χ4v) is 1.74. The maximum Gasteiger partial charge on any atom is 0.309 e. The number of hydrogen-bond donors (Lipinski definition) is 1. The van der Waals surface area contributed by atoms with E-state index in [4.69, 9.17) is 5.11 Å². The zero-order valence-corrected chi connectivity index (χ0v) is 9.05. The first kappa shape index (κ1) is 10.5. The lowest BCUT2D eigenvalue weighted by Crippen LogP contribution is -2.06. The molecule has 0 atom stereocenters. The summed E-state index contributed by atoms with van der Waals surface area (Å²) < 4.78 is 1.90. The van der Waals surface area contributed by atoms with Gasteiger partial charge in [0.05, 0.1) is 6.42 Å². The Kier molecular flexibility index (Phi) is 2.77. The minimum absolute atomic E-state index is 0.0426. The number of rotatable bonds is 3. The van der Waals surface area contributed by atoms with Crippen LogP contribution in [0, 0.1) is 6.92 Å². The molecule has 0 aliphatic carbocycles. The van der Waals surface area contributed by atoms with Gasteiger partial charge in [-0.3, -0.25) is 4.79 Å². The summed E-state index contributed by atoms with van der Waals surface area (Å²) >= 11 is 0. The average Bonchev–Trinajstić information content (AvgIpc) is 2.65. The van der Waals surface area contributed by atoms with Crippen LogP contribution in [0.5, 0.6) is 0 Å². The van der Waals surface area contributed by atoms with Gasteiger partial charge in [0.2, 0.25) is 0 Å². The van der Waals surface area contributed by atoms with Crippen molar-refractivity contribution in [3.05, 3.63) is 53.9 Å². The lowest BCUT2D eigenvalue weighted by Gasteiger charge is -2.08. The quantitative estimate of drug-likeness (QED) is 0.854. The summed E-state index contributed by atoms with van der Waals surface area (Å²) in [4.78, 5) is 10.7. The third-order valence-corrected chi connectivity index (χ3v) is 2.45. The minimum atomic E-state index is -0.812. The van der Waals surface area contributed by atoms with Crippen LogP contribution in [0.1, 0.15) is 11.3 Å². The van der Waals surface area contributed by atoms with Gasteiger partial charge in [-0.2, -0.15) is 0 Å². The van der Waals surface area contributed by atoms with Crippen molar-refractivity contribution in [1.29, 1.82) is 0 Å². The summed E-state index contributed by atoms with van der Waals surface area (Å²) in [6, 6.07) is 11.7. The first-order valence-corrected chi connectivity index (χ1v) is 5.12. The van der Waals surface area contributed by atoms with E-state index in [1.165, 1.54) is 0 Å². The third kappa shape index (κ3) is 2.14. The summed E-state index contributed by atoms with van der Waals surface area (Å²) in [5.41, 5.74) is 2.95. The van der Waals surface area contributed by atoms with E-state index in [1.54, 1.807) is 0 Å². The highest BCUT2D eigenvalue weighted by atomic mass is 16.4. The van der Waals surface area contributed by atoms with Gasteiger partial charge in [-0.1, -0.05) is 12.1 Å². The summed E-state index contributed by atoms with van der Waals surface area (Å²) in [5.74, 6) is -0.812. The molecule has 0 unspecified atom stereocenters. The number of aryl methyl sites for hydroxylation is 1. The Morgan fingerprint density at radius 3 is 2.81 bits per heavy atom. The first-order chi connectivity index (χ1) is 7.66. The largest absolute Gasteiger partial charge is 0.481 e. The van der Waals surface area contributed by atoms with Gasteiger partial charge in [-0.05, 0) is 36.8 Å². The van der Waals surface area contributed by atoms with Crippen molar-refractivity contribution in [3.63, 3.8) is 0 Å². The maximum absolute atomic E-state index is 10.7. The summed E-state index contributed by atoms with van der Waals surface area (Å²) in [5, 5.41) is 8.80. The number of carboxylic acids is 1. The average molecular weight is 215 g/mol. The number of benzene rings is 1. The number of carboxylic acid groups (broad SMARTS) is 1. The molecule has 0 fully saturated rings.